The van der Waals surface area contributed by atoms with E-state index in [1.165, 1.54) is 6.08 Å². The van der Waals surface area contributed by atoms with Crippen LogP contribution in [0.5, 0.6) is 0 Å². The first-order chi connectivity index (χ1) is 4.49. The summed E-state index contributed by atoms with van der Waals surface area (Å²) in [7, 11) is 0. The molecule has 0 unspecified atom stereocenters. The molecule has 0 radical (unpaired) electrons. The van der Waals surface area contributed by atoms with Crippen molar-refractivity contribution in [3.63, 3.8) is 0 Å². The third-order valence-electron chi connectivity index (χ3n) is 0.982. The summed E-state index contributed by atoms with van der Waals surface area (Å²) in [5.41, 5.74) is 15.8. The Bertz CT molecular complexity index is 196. The number of urea groups is 1. The van der Waals surface area contributed by atoms with Gasteiger partial charge < -0.3 is 11.1 Å². The summed E-state index contributed by atoms with van der Waals surface area (Å²) in [5.74, 6) is -1.17. The van der Waals surface area contributed by atoms with Crippen LogP contribution in [0.4, 0.5) is 4.79 Å². The van der Waals surface area contributed by atoms with Gasteiger partial charge >= 0.3 is 6.03 Å². The number of hydrogen-bond donors (Lipinski definition) is 5. The third-order valence-corrected chi connectivity index (χ3v) is 0.982. The molecule has 1 heterocycles. The van der Waals surface area contributed by atoms with E-state index in [0.717, 1.165) is 0 Å². The summed E-state index contributed by atoms with van der Waals surface area (Å²) in [4.78, 5) is 10.6. The molecule has 8 N–H and O–H groups in total. The molecule has 0 aromatic heterocycles. The van der Waals surface area contributed by atoms with Gasteiger partial charge in [0.05, 0.1) is 0 Å². The van der Waals surface area contributed by atoms with E-state index in [1.807, 2.05) is 0 Å². The van der Waals surface area contributed by atoms with Crippen molar-refractivity contribution in [3.05, 3.63) is 11.9 Å². The minimum Gasteiger partial charge on any atom is -0.385 e. The van der Waals surface area contributed by atoms with Crippen molar-refractivity contribution < 1.29 is 4.79 Å². The topological polar surface area (TPSA) is 119 Å². The molecule has 0 aromatic carbocycles. The molecule has 0 aliphatic carbocycles. The lowest BCUT2D eigenvalue weighted by Gasteiger charge is -2.27. The average molecular weight is 143 g/mol. The molecule has 0 saturated carbocycles. The largest absolute Gasteiger partial charge is 0.385 e. The fourth-order valence-corrected chi connectivity index (χ4v) is 0.688. The molecular formula is C4H9N5O. The number of carbonyl (C=O) groups excluding carboxylic acids is 1. The van der Waals surface area contributed by atoms with Crippen molar-refractivity contribution in [3.8, 4) is 0 Å². The molecule has 1 rings (SSSR count). The smallest absolute Gasteiger partial charge is 0.323 e. The van der Waals surface area contributed by atoms with Crippen LogP contribution in [-0.4, -0.2) is 11.8 Å². The second-order valence-corrected chi connectivity index (χ2v) is 2.11. The maximum atomic E-state index is 10.6. The zero-order valence-electron chi connectivity index (χ0n) is 5.22. The zero-order chi connectivity index (χ0) is 7.78. The van der Waals surface area contributed by atoms with Crippen LogP contribution in [0.3, 0.4) is 0 Å². The number of rotatable bonds is 0. The Morgan fingerprint density at radius 1 is 1.50 bits per heavy atom. The first-order valence-corrected chi connectivity index (χ1v) is 2.65. The molecule has 10 heavy (non-hydrogen) atoms. The summed E-state index contributed by atoms with van der Waals surface area (Å²) in [5, 5.41) is 4.50. The highest BCUT2D eigenvalue weighted by atomic mass is 16.2. The molecule has 0 bridgehead atoms. The van der Waals surface area contributed by atoms with Gasteiger partial charge in [0.25, 0.3) is 0 Å². The number of nitrogens with two attached hydrogens (primary N) is 3. The van der Waals surface area contributed by atoms with Gasteiger partial charge in [0.2, 0.25) is 0 Å². The van der Waals surface area contributed by atoms with Gasteiger partial charge in [-0.15, -0.1) is 0 Å². The summed E-state index contributed by atoms with van der Waals surface area (Å²) in [6.45, 7) is 0. The Morgan fingerprint density at radius 2 is 2.10 bits per heavy atom. The molecular weight excluding hydrogens is 134 g/mol. The predicted octanol–water partition coefficient (Wildman–Crippen LogP) is -2.33. The van der Waals surface area contributed by atoms with Crippen molar-refractivity contribution in [2.75, 3.05) is 0 Å². The maximum Gasteiger partial charge on any atom is 0.323 e. The summed E-state index contributed by atoms with van der Waals surface area (Å²) >= 11 is 0. The van der Waals surface area contributed by atoms with Crippen LogP contribution in [0.25, 0.3) is 0 Å². The molecule has 56 valence electrons. The van der Waals surface area contributed by atoms with Gasteiger partial charge in [-0.3, -0.25) is 16.8 Å². The molecule has 6 heteroatoms. The number of hydrogen-bond acceptors (Lipinski definition) is 4. The van der Waals surface area contributed by atoms with E-state index in [-0.39, 0.29) is 5.82 Å². The highest BCUT2D eigenvalue weighted by Crippen LogP contribution is 1.95. The Hall–Kier alpha value is -1.27. The van der Waals surface area contributed by atoms with Crippen LogP contribution in [0, 0.1) is 0 Å². The number of nitrogens with one attached hydrogen (secondary N) is 2. The normalized spacial score (nSPS) is 22.6. The van der Waals surface area contributed by atoms with E-state index in [0.29, 0.717) is 0 Å². The van der Waals surface area contributed by atoms with Crippen molar-refractivity contribution in [1.82, 2.24) is 10.6 Å². The number of carbonyl (C=O) groups is 1. The number of amides is 2. The third kappa shape index (κ3) is 1.36. The summed E-state index contributed by atoms with van der Waals surface area (Å²) < 4.78 is 0. The molecule has 6 nitrogen and oxygen atoms in total. The van der Waals surface area contributed by atoms with Crippen molar-refractivity contribution >= 4 is 6.03 Å². The lowest BCUT2D eigenvalue weighted by atomic mass is 10.3. The standard InChI is InChI=1S/C4H9N5O/c5-2-1-4(6,7)9-3(10)8-2/h1H,5-7H2,(H2,8,9,10). The fourth-order valence-electron chi connectivity index (χ4n) is 0.688. The molecule has 1 aliphatic rings. The maximum absolute atomic E-state index is 10.6. The van der Waals surface area contributed by atoms with E-state index in [1.54, 1.807) is 0 Å². The van der Waals surface area contributed by atoms with Crippen molar-refractivity contribution in [2.24, 2.45) is 17.2 Å². The zero-order valence-corrected chi connectivity index (χ0v) is 5.22. The van der Waals surface area contributed by atoms with E-state index < -0.39 is 11.8 Å². The first-order valence-electron chi connectivity index (χ1n) is 2.65. The molecule has 2 amide bonds. The van der Waals surface area contributed by atoms with Gasteiger partial charge in [0, 0.05) is 6.08 Å². The van der Waals surface area contributed by atoms with Crippen LogP contribution < -0.4 is 27.8 Å². The minimum absolute atomic E-state index is 0.161. The van der Waals surface area contributed by atoms with Gasteiger partial charge in [-0.1, -0.05) is 0 Å². The van der Waals surface area contributed by atoms with Crippen LogP contribution in [0.15, 0.2) is 11.9 Å². The summed E-state index contributed by atoms with van der Waals surface area (Å²) in [6.07, 6.45) is 1.31. The molecule has 1 aliphatic heterocycles. The van der Waals surface area contributed by atoms with Crippen molar-refractivity contribution in [2.45, 2.75) is 5.79 Å². The average Bonchev–Trinajstić information content (AvgIpc) is 1.54. The van der Waals surface area contributed by atoms with Crippen LogP contribution in [0.1, 0.15) is 0 Å². The highest BCUT2D eigenvalue weighted by Gasteiger charge is 2.23. The van der Waals surface area contributed by atoms with E-state index in [4.69, 9.17) is 17.2 Å². The Labute approximate surface area is 57.4 Å². The van der Waals surface area contributed by atoms with Crippen LogP contribution in [0.2, 0.25) is 0 Å². The van der Waals surface area contributed by atoms with Gasteiger partial charge in [-0.25, -0.2) is 4.79 Å². The van der Waals surface area contributed by atoms with Gasteiger partial charge in [-0.05, 0) is 0 Å². The van der Waals surface area contributed by atoms with Gasteiger partial charge in [0.1, 0.15) is 5.82 Å². The fraction of sp³-hybridized carbons (Fsp3) is 0.250. The SMILES string of the molecule is NC1=CC(N)(N)NC(=O)N1. The Kier molecular flexibility index (Phi) is 1.27. The summed E-state index contributed by atoms with van der Waals surface area (Å²) in [6, 6.07) is -0.495. The molecule has 0 saturated heterocycles. The molecule has 0 aromatic rings. The monoisotopic (exact) mass is 143 g/mol. The van der Waals surface area contributed by atoms with Gasteiger partial charge in [-0.2, -0.15) is 0 Å². The van der Waals surface area contributed by atoms with Crippen LogP contribution in [-0.2, 0) is 0 Å². The van der Waals surface area contributed by atoms with E-state index >= 15 is 0 Å². The van der Waals surface area contributed by atoms with Gasteiger partial charge in [0.15, 0.2) is 5.79 Å². The van der Waals surface area contributed by atoms with E-state index in [2.05, 4.69) is 10.6 Å². The Balaban J connectivity index is 2.83. The quantitative estimate of drug-likeness (QED) is 0.244. The lowest BCUT2D eigenvalue weighted by molar-refractivity contribution is 0.231. The minimum atomic E-state index is -1.33. The first kappa shape index (κ1) is 6.84. The molecule has 0 fully saturated rings. The van der Waals surface area contributed by atoms with Crippen molar-refractivity contribution in [1.29, 1.82) is 0 Å². The van der Waals surface area contributed by atoms with Crippen LogP contribution >= 0.6 is 0 Å². The Morgan fingerprint density at radius 3 is 2.50 bits per heavy atom. The molecule has 0 spiro atoms. The second kappa shape index (κ2) is 1.86. The lowest BCUT2D eigenvalue weighted by Crippen LogP contribution is -2.66. The predicted molar refractivity (Wildman–Crippen MR) is 35.0 cm³/mol. The highest BCUT2D eigenvalue weighted by molar-refractivity contribution is 5.78. The molecule has 0 atom stereocenters. The second-order valence-electron chi connectivity index (χ2n) is 2.11. The van der Waals surface area contributed by atoms with E-state index in [9.17, 15) is 4.79 Å².